The molecule has 0 saturated carbocycles. The minimum absolute atomic E-state index is 0.0297. The van der Waals surface area contributed by atoms with Crippen molar-refractivity contribution in [2.24, 2.45) is 5.92 Å². The molecule has 4 nitrogen and oxygen atoms in total. The van der Waals surface area contributed by atoms with E-state index in [1.54, 1.807) is 18.3 Å². The summed E-state index contributed by atoms with van der Waals surface area (Å²) in [6.45, 7) is 4.61. The van der Waals surface area contributed by atoms with E-state index in [2.05, 4.69) is 15.6 Å². The Labute approximate surface area is 142 Å². The van der Waals surface area contributed by atoms with E-state index >= 15 is 0 Å². The maximum absolute atomic E-state index is 13.5. The second-order valence-electron chi connectivity index (χ2n) is 5.70. The molecule has 1 heterocycles. The Morgan fingerprint density at radius 1 is 1.17 bits per heavy atom. The van der Waals surface area contributed by atoms with Crippen molar-refractivity contribution >= 4 is 17.4 Å². The number of aromatic nitrogens is 1. The molecule has 0 radical (unpaired) electrons. The number of amides is 1. The van der Waals surface area contributed by atoms with E-state index in [0.717, 1.165) is 12.8 Å². The van der Waals surface area contributed by atoms with Crippen molar-refractivity contribution < 1.29 is 9.18 Å². The van der Waals surface area contributed by atoms with Crippen molar-refractivity contribution in [3.63, 3.8) is 0 Å². The van der Waals surface area contributed by atoms with Crippen molar-refractivity contribution in [3.8, 4) is 0 Å². The van der Waals surface area contributed by atoms with Crippen molar-refractivity contribution in [1.29, 1.82) is 0 Å². The highest BCUT2D eigenvalue weighted by Crippen LogP contribution is 2.14. The zero-order valence-electron chi connectivity index (χ0n) is 14.2. The van der Waals surface area contributed by atoms with Crippen LogP contribution >= 0.6 is 0 Å². The van der Waals surface area contributed by atoms with Crippen LogP contribution in [0.3, 0.4) is 0 Å². The highest BCUT2D eigenvalue weighted by atomic mass is 19.1. The lowest BCUT2D eigenvalue weighted by Gasteiger charge is -2.13. The topological polar surface area (TPSA) is 54.0 Å². The fraction of sp³-hybridized carbons (Fsp3) is 0.368. The van der Waals surface area contributed by atoms with Crippen LogP contribution in [-0.2, 0) is 11.2 Å². The second kappa shape index (κ2) is 9.01. The van der Waals surface area contributed by atoms with E-state index < -0.39 is 0 Å². The summed E-state index contributed by atoms with van der Waals surface area (Å²) in [4.78, 5) is 16.3. The summed E-state index contributed by atoms with van der Waals surface area (Å²) in [6.07, 6.45) is 3.87. The lowest BCUT2D eigenvalue weighted by Crippen LogP contribution is -2.21. The van der Waals surface area contributed by atoms with Gasteiger partial charge in [0, 0.05) is 12.5 Å². The van der Waals surface area contributed by atoms with Crippen molar-refractivity contribution in [2.45, 2.75) is 33.1 Å². The van der Waals surface area contributed by atoms with Gasteiger partial charge in [0.1, 0.15) is 11.6 Å². The number of hydrogen-bond donors (Lipinski definition) is 2. The minimum Gasteiger partial charge on any atom is -0.370 e. The summed E-state index contributed by atoms with van der Waals surface area (Å²) in [5, 5.41) is 6.04. The summed E-state index contributed by atoms with van der Waals surface area (Å²) < 4.78 is 13.5. The number of pyridine rings is 1. The maximum atomic E-state index is 13.5. The van der Waals surface area contributed by atoms with E-state index in [0.29, 0.717) is 30.0 Å². The summed E-state index contributed by atoms with van der Waals surface area (Å²) >= 11 is 0. The number of anilines is 2. The standard InChI is InChI=1S/C19H24FN3O/c1-3-14(4-2)19(24)23-16-9-10-18(22-13-16)21-12-11-15-7-5-6-8-17(15)20/h5-10,13-14H,3-4,11-12H2,1-2H3,(H,21,22)(H,23,24). The van der Waals surface area contributed by atoms with Crippen molar-refractivity contribution in [1.82, 2.24) is 4.98 Å². The fourth-order valence-electron chi connectivity index (χ4n) is 2.50. The number of rotatable bonds is 8. The number of halogens is 1. The van der Waals surface area contributed by atoms with E-state index in [1.807, 2.05) is 32.0 Å². The van der Waals surface area contributed by atoms with Crippen LogP contribution in [0, 0.1) is 11.7 Å². The van der Waals surface area contributed by atoms with Crippen LogP contribution in [0.5, 0.6) is 0 Å². The predicted molar refractivity (Wildman–Crippen MR) is 95.5 cm³/mol. The Hall–Kier alpha value is -2.43. The Bertz CT molecular complexity index is 654. The molecule has 1 amide bonds. The predicted octanol–water partition coefficient (Wildman–Crippen LogP) is 4.25. The monoisotopic (exact) mass is 329 g/mol. The molecular weight excluding hydrogens is 305 g/mol. The van der Waals surface area contributed by atoms with Crippen LogP contribution in [0.25, 0.3) is 0 Å². The summed E-state index contributed by atoms with van der Waals surface area (Å²) in [7, 11) is 0. The highest BCUT2D eigenvalue weighted by Gasteiger charge is 2.14. The zero-order valence-corrected chi connectivity index (χ0v) is 14.2. The molecule has 0 bridgehead atoms. The molecule has 2 aromatic rings. The average molecular weight is 329 g/mol. The normalized spacial score (nSPS) is 10.7. The Balaban J connectivity index is 1.84. The van der Waals surface area contributed by atoms with Gasteiger partial charge < -0.3 is 10.6 Å². The molecule has 0 fully saturated rings. The first-order chi connectivity index (χ1) is 11.6. The van der Waals surface area contributed by atoms with Gasteiger partial charge in [0.05, 0.1) is 11.9 Å². The van der Waals surface area contributed by atoms with Gasteiger partial charge in [0.25, 0.3) is 0 Å². The zero-order chi connectivity index (χ0) is 17.4. The maximum Gasteiger partial charge on any atom is 0.227 e. The van der Waals surface area contributed by atoms with Crippen LogP contribution in [0.4, 0.5) is 15.9 Å². The third kappa shape index (κ3) is 5.05. The van der Waals surface area contributed by atoms with Gasteiger partial charge in [-0.15, -0.1) is 0 Å². The van der Waals surface area contributed by atoms with Crippen molar-refractivity contribution in [3.05, 3.63) is 54.0 Å². The van der Waals surface area contributed by atoms with E-state index in [1.165, 1.54) is 6.07 Å². The molecule has 0 unspecified atom stereocenters. The molecule has 0 aliphatic heterocycles. The first kappa shape index (κ1) is 17.9. The first-order valence-corrected chi connectivity index (χ1v) is 8.38. The van der Waals surface area contributed by atoms with Gasteiger partial charge in [-0.1, -0.05) is 32.0 Å². The SMILES string of the molecule is CCC(CC)C(=O)Nc1ccc(NCCc2ccccc2F)nc1. The smallest absolute Gasteiger partial charge is 0.227 e. The molecule has 1 aromatic heterocycles. The van der Waals surface area contributed by atoms with Crippen LogP contribution < -0.4 is 10.6 Å². The molecule has 128 valence electrons. The van der Waals surface area contributed by atoms with Gasteiger partial charge in [-0.25, -0.2) is 9.37 Å². The molecule has 0 atom stereocenters. The number of carbonyl (C=O) groups excluding carboxylic acids is 1. The number of benzene rings is 1. The fourth-order valence-corrected chi connectivity index (χ4v) is 2.50. The molecule has 0 aliphatic rings. The van der Waals surface area contributed by atoms with Gasteiger partial charge >= 0.3 is 0 Å². The number of nitrogens with zero attached hydrogens (tertiary/aromatic N) is 1. The Morgan fingerprint density at radius 3 is 2.54 bits per heavy atom. The quantitative estimate of drug-likeness (QED) is 0.761. The number of carbonyl (C=O) groups is 1. The molecule has 2 N–H and O–H groups in total. The van der Waals surface area contributed by atoms with Gasteiger partial charge in [-0.05, 0) is 43.0 Å². The van der Waals surface area contributed by atoms with Gasteiger partial charge in [-0.3, -0.25) is 4.79 Å². The molecular formula is C19H24FN3O. The molecule has 0 saturated heterocycles. The second-order valence-corrected chi connectivity index (χ2v) is 5.70. The van der Waals surface area contributed by atoms with Crippen molar-refractivity contribution in [2.75, 3.05) is 17.2 Å². The number of nitrogens with one attached hydrogen (secondary N) is 2. The largest absolute Gasteiger partial charge is 0.370 e. The Kier molecular flexibility index (Phi) is 6.73. The van der Waals surface area contributed by atoms with Gasteiger partial charge in [0.2, 0.25) is 5.91 Å². The van der Waals surface area contributed by atoms with Gasteiger partial charge in [0.15, 0.2) is 0 Å². The lowest BCUT2D eigenvalue weighted by molar-refractivity contribution is -0.120. The summed E-state index contributed by atoms with van der Waals surface area (Å²) in [6, 6.07) is 10.4. The van der Waals surface area contributed by atoms with E-state index in [9.17, 15) is 9.18 Å². The van der Waals surface area contributed by atoms with Crippen LogP contribution in [0.1, 0.15) is 32.3 Å². The lowest BCUT2D eigenvalue weighted by atomic mass is 10.0. The highest BCUT2D eigenvalue weighted by molar-refractivity contribution is 5.92. The van der Waals surface area contributed by atoms with Gasteiger partial charge in [-0.2, -0.15) is 0 Å². The average Bonchev–Trinajstić information content (AvgIpc) is 2.59. The van der Waals surface area contributed by atoms with Crippen LogP contribution in [0.2, 0.25) is 0 Å². The summed E-state index contributed by atoms with van der Waals surface area (Å²) in [5.41, 5.74) is 1.37. The number of hydrogen-bond acceptors (Lipinski definition) is 3. The summed E-state index contributed by atoms with van der Waals surface area (Å²) in [5.74, 6) is 0.573. The molecule has 1 aromatic carbocycles. The minimum atomic E-state index is -0.188. The van der Waals surface area contributed by atoms with Crippen LogP contribution in [0.15, 0.2) is 42.6 Å². The molecule has 0 spiro atoms. The molecule has 0 aliphatic carbocycles. The van der Waals surface area contributed by atoms with Crippen LogP contribution in [-0.4, -0.2) is 17.4 Å². The molecule has 2 rings (SSSR count). The third-order valence-electron chi connectivity index (χ3n) is 4.05. The third-order valence-corrected chi connectivity index (χ3v) is 4.05. The Morgan fingerprint density at radius 2 is 1.92 bits per heavy atom. The van der Waals surface area contributed by atoms with E-state index in [-0.39, 0.29) is 17.6 Å². The first-order valence-electron chi connectivity index (χ1n) is 8.38. The molecule has 24 heavy (non-hydrogen) atoms. The van der Waals surface area contributed by atoms with E-state index in [4.69, 9.17) is 0 Å². The molecule has 5 heteroatoms.